The Morgan fingerprint density at radius 3 is 2.43 bits per heavy atom. The summed E-state index contributed by atoms with van der Waals surface area (Å²) in [5, 5.41) is 11.7. The zero-order valence-electron chi connectivity index (χ0n) is 17.2. The Balaban J connectivity index is 1.37. The Morgan fingerprint density at radius 2 is 1.80 bits per heavy atom. The number of amides is 1. The topological polar surface area (TPSA) is 97.2 Å². The number of anilines is 1. The van der Waals surface area contributed by atoms with Crippen molar-refractivity contribution in [1.29, 1.82) is 0 Å². The van der Waals surface area contributed by atoms with E-state index in [1.54, 1.807) is 28.6 Å². The second-order valence-electron chi connectivity index (χ2n) is 7.91. The zero-order valence-corrected chi connectivity index (χ0v) is 18.9. The molecule has 4 rings (SSSR count). The Morgan fingerprint density at radius 1 is 1.13 bits per heavy atom. The van der Waals surface area contributed by atoms with Gasteiger partial charge in [0.05, 0.1) is 10.1 Å². The minimum absolute atomic E-state index is 0.164. The second-order valence-corrected chi connectivity index (χ2v) is 11.2. The van der Waals surface area contributed by atoms with E-state index in [9.17, 15) is 13.2 Å². The normalized spacial score (nSPS) is 18.9. The number of hydrogen-bond acceptors (Lipinski definition) is 6. The van der Waals surface area contributed by atoms with Crippen LogP contribution in [-0.4, -0.2) is 51.7 Å². The summed E-state index contributed by atoms with van der Waals surface area (Å²) in [4.78, 5) is 12.9. The third kappa shape index (κ3) is 4.55. The quantitative estimate of drug-likeness (QED) is 0.653. The van der Waals surface area contributed by atoms with Crippen molar-refractivity contribution in [1.82, 2.24) is 19.1 Å². The first-order valence-electron chi connectivity index (χ1n) is 10.3. The van der Waals surface area contributed by atoms with Gasteiger partial charge in [0.15, 0.2) is 5.16 Å². The molecule has 8 nitrogen and oxygen atoms in total. The minimum Gasteiger partial charge on any atom is -0.325 e. The van der Waals surface area contributed by atoms with Crippen LogP contribution in [0, 0.1) is 0 Å². The van der Waals surface area contributed by atoms with Gasteiger partial charge in [0.1, 0.15) is 5.82 Å². The molecule has 0 bridgehead atoms. The highest BCUT2D eigenvalue weighted by atomic mass is 32.2. The summed E-state index contributed by atoms with van der Waals surface area (Å²) in [6.45, 7) is 2.96. The fraction of sp³-hybridized carbons (Fsp3) is 0.550. The van der Waals surface area contributed by atoms with Crippen molar-refractivity contribution in [2.24, 2.45) is 7.05 Å². The van der Waals surface area contributed by atoms with Crippen LogP contribution in [0.25, 0.3) is 0 Å². The molecule has 2 fully saturated rings. The SMILES string of the molecule is C[C@H](Sc1nnc(C2CC2)n1C)C(=O)Nc1ccc(S(=O)(=O)N2CCCCC2)cc1. The predicted octanol–water partition coefficient (Wildman–Crippen LogP) is 2.99. The van der Waals surface area contributed by atoms with E-state index in [-0.39, 0.29) is 16.1 Å². The van der Waals surface area contributed by atoms with Gasteiger partial charge in [0, 0.05) is 31.7 Å². The van der Waals surface area contributed by atoms with Crippen LogP contribution in [0.4, 0.5) is 5.69 Å². The molecule has 2 aliphatic rings. The molecule has 1 saturated carbocycles. The molecule has 30 heavy (non-hydrogen) atoms. The maximum absolute atomic E-state index is 12.7. The average molecular weight is 450 g/mol. The first-order valence-corrected chi connectivity index (χ1v) is 12.7. The van der Waals surface area contributed by atoms with Crippen LogP contribution in [0.5, 0.6) is 0 Å². The Labute approximate surface area is 181 Å². The summed E-state index contributed by atoms with van der Waals surface area (Å²) in [5.41, 5.74) is 0.571. The fourth-order valence-electron chi connectivity index (χ4n) is 3.55. The first kappa shape index (κ1) is 21.3. The molecule has 0 radical (unpaired) electrons. The highest BCUT2D eigenvalue weighted by molar-refractivity contribution is 8.00. The highest BCUT2D eigenvalue weighted by Gasteiger charge is 2.30. The van der Waals surface area contributed by atoms with Gasteiger partial charge in [-0.25, -0.2) is 8.42 Å². The summed E-state index contributed by atoms with van der Waals surface area (Å²) in [7, 11) is -1.54. The molecule has 10 heteroatoms. The van der Waals surface area contributed by atoms with Crippen molar-refractivity contribution in [2.75, 3.05) is 18.4 Å². The molecule has 1 atom stereocenters. The average Bonchev–Trinajstić information content (AvgIpc) is 3.53. The Bertz CT molecular complexity index is 1010. The molecule has 1 N–H and O–H groups in total. The van der Waals surface area contributed by atoms with E-state index in [2.05, 4.69) is 15.5 Å². The van der Waals surface area contributed by atoms with Crippen molar-refractivity contribution >= 4 is 33.4 Å². The van der Waals surface area contributed by atoms with Crippen LogP contribution in [-0.2, 0) is 21.9 Å². The monoisotopic (exact) mass is 449 g/mol. The number of thioether (sulfide) groups is 1. The number of hydrogen-bond donors (Lipinski definition) is 1. The minimum atomic E-state index is -3.47. The van der Waals surface area contributed by atoms with E-state index >= 15 is 0 Å². The third-order valence-corrected chi connectivity index (χ3v) is 8.58. The summed E-state index contributed by atoms with van der Waals surface area (Å²) >= 11 is 1.36. The van der Waals surface area contributed by atoms with Gasteiger partial charge in [0.2, 0.25) is 15.9 Å². The number of piperidine rings is 1. The number of aromatic nitrogens is 3. The lowest BCUT2D eigenvalue weighted by atomic mass is 10.2. The smallest absolute Gasteiger partial charge is 0.243 e. The maximum Gasteiger partial charge on any atom is 0.243 e. The molecule has 1 aliphatic heterocycles. The molecule has 1 aromatic carbocycles. The summed E-state index contributed by atoms with van der Waals surface area (Å²) in [6, 6.07) is 6.39. The number of benzene rings is 1. The van der Waals surface area contributed by atoms with Crippen LogP contribution >= 0.6 is 11.8 Å². The molecule has 162 valence electrons. The van der Waals surface area contributed by atoms with Gasteiger partial charge in [-0.1, -0.05) is 18.2 Å². The number of carbonyl (C=O) groups is 1. The highest BCUT2D eigenvalue weighted by Crippen LogP contribution is 2.39. The van der Waals surface area contributed by atoms with Crippen LogP contribution in [0.1, 0.15) is 50.8 Å². The van der Waals surface area contributed by atoms with E-state index in [4.69, 9.17) is 0 Å². The molecule has 2 heterocycles. The van der Waals surface area contributed by atoms with Gasteiger partial charge in [-0.3, -0.25) is 4.79 Å². The van der Waals surface area contributed by atoms with Crippen molar-refractivity contribution in [3.8, 4) is 0 Å². The van der Waals surface area contributed by atoms with Gasteiger partial charge in [-0.05, 0) is 56.9 Å². The van der Waals surface area contributed by atoms with Crippen LogP contribution in [0.3, 0.4) is 0 Å². The number of carbonyl (C=O) groups excluding carboxylic acids is 1. The summed E-state index contributed by atoms with van der Waals surface area (Å²) < 4.78 is 29.0. The lowest BCUT2D eigenvalue weighted by molar-refractivity contribution is -0.115. The molecule has 1 saturated heterocycles. The zero-order chi connectivity index (χ0) is 21.3. The van der Waals surface area contributed by atoms with E-state index in [0.717, 1.165) is 43.1 Å². The van der Waals surface area contributed by atoms with Crippen LogP contribution in [0.2, 0.25) is 0 Å². The third-order valence-electron chi connectivity index (χ3n) is 5.54. The van der Waals surface area contributed by atoms with Crippen LogP contribution < -0.4 is 5.32 Å². The summed E-state index contributed by atoms with van der Waals surface area (Å²) in [5.74, 6) is 1.32. The molecule has 1 aromatic heterocycles. The number of rotatable bonds is 7. The molecule has 1 aliphatic carbocycles. The molecule has 0 spiro atoms. The number of sulfonamides is 1. The van der Waals surface area contributed by atoms with E-state index < -0.39 is 10.0 Å². The van der Waals surface area contributed by atoms with Gasteiger partial charge in [0.25, 0.3) is 0 Å². The molecular weight excluding hydrogens is 422 g/mol. The molecule has 0 unspecified atom stereocenters. The molecular formula is C20H27N5O3S2. The second kappa shape index (κ2) is 8.68. The van der Waals surface area contributed by atoms with Crippen molar-refractivity contribution in [3.05, 3.63) is 30.1 Å². The van der Waals surface area contributed by atoms with Crippen molar-refractivity contribution in [3.63, 3.8) is 0 Å². The Kier molecular flexibility index (Phi) is 6.17. The predicted molar refractivity (Wildman–Crippen MR) is 116 cm³/mol. The standard InChI is InChI=1S/C20H27N5O3S2/c1-14(29-20-23-22-18(24(20)2)15-6-7-15)19(26)21-16-8-10-17(11-9-16)30(27,28)25-12-4-3-5-13-25/h8-11,14-15H,3-7,12-13H2,1-2H3,(H,21,26)/t14-/m0/s1. The van der Waals surface area contributed by atoms with Crippen molar-refractivity contribution in [2.45, 2.75) is 60.2 Å². The van der Waals surface area contributed by atoms with E-state index in [1.165, 1.54) is 11.8 Å². The van der Waals surface area contributed by atoms with Gasteiger partial charge in [-0.15, -0.1) is 10.2 Å². The van der Waals surface area contributed by atoms with Crippen LogP contribution in [0.15, 0.2) is 34.3 Å². The van der Waals surface area contributed by atoms with Crippen molar-refractivity contribution < 1.29 is 13.2 Å². The lowest BCUT2D eigenvalue weighted by Crippen LogP contribution is -2.35. The van der Waals surface area contributed by atoms with Gasteiger partial charge < -0.3 is 9.88 Å². The van der Waals surface area contributed by atoms with Gasteiger partial charge >= 0.3 is 0 Å². The molecule has 2 aromatic rings. The van der Waals surface area contributed by atoms with E-state index in [0.29, 0.717) is 24.7 Å². The Hall–Kier alpha value is -1.91. The number of nitrogens with one attached hydrogen (secondary N) is 1. The first-order chi connectivity index (χ1) is 14.4. The largest absolute Gasteiger partial charge is 0.325 e. The summed E-state index contributed by atoms with van der Waals surface area (Å²) in [6.07, 6.45) is 5.17. The van der Waals surface area contributed by atoms with E-state index in [1.807, 2.05) is 18.5 Å². The number of nitrogens with zero attached hydrogens (tertiary/aromatic N) is 4. The molecule has 1 amide bonds. The maximum atomic E-state index is 12.7. The van der Waals surface area contributed by atoms with Gasteiger partial charge in [-0.2, -0.15) is 4.31 Å². The lowest BCUT2D eigenvalue weighted by Gasteiger charge is -2.25. The fourth-order valence-corrected chi connectivity index (χ4v) is 5.88.